The molecular weight excluding hydrogens is 929 g/mol. The van der Waals surface area contributed by atoms with Crippen molar-refractivity contribution >= 4 is 11.9 Å². The Morgan fingerprint density at radius 3 is 1.14 bits per heavy atom. The van der Waals surface area contributed by atoms with Crippen LogP contribution in [0.3, 0.4) is 0 Å². The lowest BCUT2D eigenvalue weighted by Crippen LogP contribution is -2.14. The van der Waals surface area contributed by atoms with Crippen LogP contribution in [0.5, 0.6) is 23.0 Å². The quantitative estimate of drug-likeness (QED) is 0.0208. The summed E-state index contributed by atoms with van der Waals surface area (Å²) in [4.78, 5) is 24.0. The SMILES string of the molecule is O=C(OCCOCCOCOc1ccc(C(=O)OCCOCCOCOc2ccccc2)cc1)c1ccccc1.c1ccc(COCOc2cccc(COCCOCCOCOc3ccccc3)c2)cc1. The predicted molar refractivity (Wildman–Crippen MR) is 266 cm³/mol. The Kier molecular flexibility index (Phi) is 28.8. The van der Waals surface area contributed by atoms with Gasteiger partial charge in [0.05, 0.1) is 90.4 Å². The van der Waals surface area contributed by atoms with Crippen molar-refractivity contribution in [2.45, 2.75) is 13.2 Å². The van der Waals surface area contributed by atoms with Gasteiger partial charge in [-0.05, 0) is 83.9 Å². The van der Waals surface area contributed by atoms with Gasteiger partial charge in [-0.2, -0.15) is 0 Å². The molecule has 16 nitrogen and oxygen atoms in total. The molecule has 0 aromatic heterocycles. The number of carbonyl (C=O) groups excluding carboxylic acids is 2. The van der Waals surface area contributed by atoms with Gasteiger partial charge < -0.3 is 66.3 Å². The fourth-order valence-electron chi connectivity index (χ4n) is 5.89. The van der Waals surface area contributed by atoms with Crippen molar-refractivity contribution in [3.8, 4) is 23.0 Å². The van der Waals surface area contributed by atoms with E-state index >= 15 is 0 Å². The summed E-state index contributed by atoms with van der Waals surface area (Å²) in [5.74, 6) is 1.99. The van der Waals surface area contributed by atoms with Gasteiger partial charge in [0.1, 0.15) is 36.2 Å². The molecule has 0 aliphatic heterocycles. The molecule has 384 valence electrons. The van der Waals surface area contributed by atoms with Crippen molar-refractivity contribution in [2.24, 2.45) is 0 Å². The molecule has 6 aromatic carbocycles. The van der Waals surface area contributed by atoms with Gasteiger partial charge in [0.15, 0.2) is 27.2 Å². The second kappa shape index (κ2) is 37.0. The number of para-hydroxylation sites is 2. The van der Waals surface area contributed by atoms with Crippen molar-refractivity contribution in [2.75, 3.05) is 106 Å². The van der Waals surface area contributed by atoms with Crippen LogP contribution in [0.2, 0.25) is 0 Å². The van der Waals surface area contributed by atoms with E-state index in [0.29, 0.717) is 82.9 Å². The first-order valence-corrected chi connectivity index (χ1v) is 23.5. The van der Waals surface area contributed by atoms with E-state index in [1.165, 1.54) is 0 Å². The lowest BCUT2D eigenvalue weighted by Gasteiger charge is -2.10. The average Bonchev–Trinajstić information content (AvgIpc) is 3.43. The van der Waals surface area contributed by atoms with Gasteiger partial charge in [-0.1, -0.05) is 97.1 Å². The zero-order chi connectivity index (χ0) is 50.2. The van der Waals surface area contributed by atoms with Gasteiger partial charge in [0.25, 0.3) is 0 Å². The molecule has 0 radical (unpaired) electrons. The van der Waals surface area contributed by atoms with Crippen LogP contribution in [0.15, 0.2) is 170 Å². The molecule has 6 rings (SSSR count). The molecule has 0 fully saturated rings. The molecule has 0 saturated carbocycles. The molecule has 16 heteroatoms. The van der Waals surface area contributed by atoms with Crippen molar-refractivity contribution in [1.82, 2.24) is 0 Å². The number of hydrogen-bond donors (Lipinski definition) is 0. The minimum atomic E-state index is -0.453. The summed E-state index contributed by atoms with van der Waals surface area (Å²) in [6.45, 7) is 5.75. The van der Waals surface area contributed by atoms with Gasteiger partial charge in [-0.15, -0.1) is 0 Å². The van der Waals surface area contributed by atoms with Crippen LogP contribution in [-0.4, -0.2) is 118 Å². The largest absolute Gasteiger partial charge is 0.468 e. The molecule has 0 heterocycles. The van der Waals surface area contributed by atoms with Crippen LogP contribution < -0.4 is 18.9 Å². The van der Waals surface area contributed by atoms with E-state index in [2.05, 4.69) is 0 Å². The number of ether oxygens (including phenoxy) is 14. The molecular formula is C56H64O16. The van der Waals surface area contributed by atoms with E-state index < -0.39 is 5.97 Å². The minimum absolute atomic E-state index is 0.0234. The molecule has 0 amide bonds. The van der Waals surface area contributed by atoms with Crippen molar-refractivity contribution in [3.05, 3.63) is 192 Å². The summed E-state index contributed by atoms with van der Waals surface area (Å²) in [5, 5.41) is 0. The third kappa shape index (κ3) is 25.8. The van der Waals surface area contributed by atoms with E-state index in [9.17, 15) is 9.59 Å². The van der Waals surface area contributed by atoms with E-state index in [-0.39, 0.29) is 59.6 Å². The molecule has 0 unspecified atom stereocenters. The van der Waals surface area contributed by atoms with Crippen molar-refractivity contribution < 1.29 is 75.9 Å². The summed E-state index contributed by atoms with van der Waals surface area (Å²) in [5.41, 5.74) is 3.05. The summed E-state index contributed by atoms with van der Waals surface area (Å²) in [7, 11) is 0. The Bertz CT molecular complexity index is 2270. The smallest absolute Gasteiger partial charge is 0.338 e. The highest BCUT2D eigenvalue weighted by Gasteiger charge is 2.08. The summed E-state index contributed by atoms with van der Waals surface area (Å²) >= 11 is 0. The first-order valence-electron chi connectivity index (χ1n) is 23.5. The lowest BCUT2D eigenvalue weighted by atomic mass is 10.2. The third-order valence-corrected chi connectivity index (χ3v) is 9.51. The molecule has 0 spiro atoms. The Morgan fingerprint density at radius 1 is 0.278 bits per heavy atom. The second-order valence-electron chi connectivity index (χ2n) is 14.9. The summed E-state index contributed by atoms with van der Waals surface area (Å²) < 4.78 is 75.9. The zero-order valence-corrected chi connectivity index (χ0v) is 40.4. The van der Waals surface area contributed by atoms with Gasteiger partial charge in [0, 0.05) is 0 Å². The number of esters is 2. The molecule has 0 N–H and O–H groups in total. The van der Waals surface area contributed by atoms with E-state index in [1.54, 1.807) is 48.5 Å². The van der Waals surface area contributed by atoms with Gasteiger partial charge >= 0.3 is 11.9 Å². The number of benzene rings is 6. The number of hydrogen-bond acceptors (Lipinski definition) is 16. The highest BCUT2D eigenvalue weighted by molar-refractivity contribution is 5.89. The maximum absolute atomic E-state index is 12.2. The van der Waals surface area contributed by atoms with Gasteiger partial charge in [-0.3, -0.25) is 0 Å². The fraction of sp³-hybridized carbons (Fsp3) is 0.321. The third-order valence-electron chi connectivity index (χ3n) is 9.51. The fourth-order valence-corrected chi connectivity index (χ4v) is 5.89. The minimum Gasteiger partial charge on any atom is -0.468 e. The average molecular weight is 993 g/mol. The molecule has 0 aliphatic carbocycles. The van der Waals surface area contributed by atoms with Crippen LogP contribution in [0.4, 0.5) is 0 Å². The molecule has 0 aliphatic rings. The number of rotatable bonds is 36. The van der Waals surface area contributed by atoms with Crippen LogP contribution in [0.1, 0.15) is 31.8 Å². The van der Waals surface area contributed by atoms with Crippen LogP contribution in [0.25, 0.3) is 0 Å². The monoisotopic (exact) mass is 992 g/mol. The van der Waals surface area contributed by atoms with Gasteiger partial charge in [-0.25, -0.2) is 9.59 Å². The normalized spacial score (nSPS) is 10.7. The van der Waals surface area contributed by atoms with Gasteiger partial charge in [0.2, 0.25) is 0 Å². The number of carbonyl (C=O) groups is 2. The Balaban J connectivity index is 0.000000274. The highest BCUT2D eigenvalue weighted by Crippen LogP contribution is 2.16. The Labute approximate surface area is 421 Å². The predicted octanol–water partition coefficient (Wildman–Crippen LogP) is 8.97. The summed E-state index contributed by atoms with van der Waals surface area (Å²) in [6.07, 6.45) is 0. The van der Waals surface area contributed by atoms with E-state index in [4.69, 9.17) is 66.3 Å². The Morgan fingerprint density at radius 2 is 0.625 bits per heavy atom. The van der Waals surface area contributed by atoms with Crippen LogP contribution in [-0.2, 0) is 60.6 Å². The maximum Gasteiger partial charge on any atom is 0.338 e. The van der Waals surface area contributed by atoms with Crippen molar-refractivity contribution in [1.29, 1.82) is 0 Å². The Hall–Kier alpha value is -6.86. The molecule has 72 heavy (non-hydrogen) atoms. The van der Waals surface area contributed by atoms with E-state index in [1.807, 2.05) is 121 Å². The standard InChI is InChI=1S/C30H34O10.C26H30O6/c31-29(25-7-3-1-4-8-25)37-21-19-33-16-18-36-24-40-28-13-11-26(12-14-28)30(32)38-22-20-34-15-17-35-23-39-27-9-5-2-6-10-27;1-3-8-23(9-4-1)19-30-22-32-26-13-7-10-24(18-26)20-28-16-14-27-15-17-29-21-31-25-11-5-2-6-12-25/h1-14H,15-24H2;1-13,18H,14-17,19-22H2. The summed E-state index contributed by atoms with van der Waals surface area (Å²) in [6, 6.07) is 52.0. The highest BCUT2D eigenvalue weighted by atomic mass is 16.7. The second-order valence-corrected chi connectivity index (χ2v) is 14.9. The van der Waals surface area contributed by atoms with Crippen LogP contribution >= 0.6 is 0 Å². The lowest BCUT2D eigenvalue weighted by molar-refractivity contribution is -0.0279. The van der Waals surface area contributed by atoms with E-state index in [0.717, 1.165) is 28.4 Å². The van der Waals surface area contributed by atoms with Crippen LogP contribution in [0, 0.1) is 0 Å². The molecule has 0 bridgehead atoms. The van der Waals surface area contributed by atoms with Crippen molar-refractivity contribution in [3.63, 3.8) is 0 Å². The molecule has 0 atom stereocenters. The molecule has 0 saturated heterocycles. The topological polar surface area (TPSA) is 163 Å². The molecule has 6 aromatic rings. The first-order chi connectivity index (χ1) is 35.6. The first kappa shape index (κ1) is 56.1. The maximum atomic E-state index is 12.2. The zero-order valence-electron chi connectivity index (χ0n) is 40.4.